The van der Waals surface area contributed by atoms with Gasteiger partial charge in [0, 0.05) is 25.2 Å². The van der Waals surface area contributed by atoms with Crippen LogP contribution >= 0.6 is 0 Å². The van der Waals surface area contributed by atoms with Gasteiger partial charge < -0.3 is 19.7 Å². The van der Waals surface area contributed by atoms with Gasteiger partial charge in [-0.2, -0.15) is 0 Å². The minimum absolute atomic E-state index is 0.228. The number of nitrogens with zero attached hydrogens (tertiary/aromatic N) is 1. The van der Waals surface area contributed by atoms with Crippen molar-refractivity contribution in [3.8, 4) is 0 Å². The van der Waals surface area contributed by atoms with E-state index in [1.54, 1.807) is 6.92 Å². The summed E-state index contributed by atoms with van der Waals surface area (Å²) in [4.78, 5) is 26.0. The molecule has 1 atom stereocenters. The standard InChI is InChI=1S/C18H22N2O4/c1-5-24-17(21)16(19-18(22)23-4)14-10-11-15(20(2)3)13-9-7-6-8-12(13)14/h6-11,16H,5H2,1-4H3,(H,19,22)/t16-/m0/s1. The highest BCUT2D eigenvalue weighted by Crippen LogP contribution is 2.32. The smallest absolute Gasteiger partial charge is 0.407 e. The lowest BCUT2D eigenvalue weighted by Gasteiger charge is -2.22. The van der Waals surface area contributed by atoms with Crippen LogP contribution in [0, 0.1) is 0 Å². The number of esters is 1. The third-order valence-corrected chi connectivity index (χ3v) is 3.70. The number of alkyl carbamates (subject to hydrolysis) is 1. The number of ether oxygens (including phenoxy) is 2. The number of rotatable bonds is 5. The van der Waals surface area contributed by atoms with Crippen LogP contribution in [-0.2, 0) is 14.3 Å². The van der Waals surface area contributed by atoms with E-state index in [9.17, 15) is 9.59 Å². The number of hydrogen-bond acceptors (Lipinski definition) is 5. The molecule has 0 unspecified atom stereocenters. The molecule has 2 aromatic carbocycles. The van der Waals surface area contributed by atoms with Gasteiger partial charge in [-0.15, -0.1) is 0 Å². The Morgan fingerprint density at radius 3 is 2.38 bits per heavy atom. The predicted octanol–water partition coefficient (Wildman–Crippen LogP) is 2.87. The van der Waals surface area contributed by atoms with E-state index >= 15 is 0 Å². The number of carbonyl (C=O) groups excluding carboxylic acids is 2. The summed E-state index contributed by atoms with van der Waals surface area (Å²) in [7, 11) is 5.17. The molecule has 24 heavy (non-hydrogen) atoms. The molecular formula is C18H22N2O4. The summed E-state index contributed by atoms with van der Waals surface area (Å²) in [6, 6.07) is 10.5. The van der Waals surface area contributed by atoms with Crippen LogP contribution in [0.3, 0.4) is 0 Å². The van der Waals surface area contributed by atoms with Crippen molar-refractivity contribution in [2.24, 2.45) is 0 Å². The largest absolute Gasteiger partial charge is 0.464 e. The molecule has 1 amide bonds. The van der Waals surface area contributed by atoms with Crippen molar-refractivity contribution in [1.29, 1.82) is 0 Å². The third kappa shape index (κ3) is 3.59. The van der Waals surface area contributed by atoms with Gasteiger partial charge in [-0.1, -0.05) is 30.3 Å². The number of benzene rings is 2. The molecule has 0 bridgehead atoms. The van der Waals surface area contributed by atoms with E-state index in [0.717, 1.165) is 16.5 Å². The Morgan fingerprint density at radius 1 is 1.12 bits per heavy atom. The molecule has 0 aliphatic rings. The fourth-order valence-corrected chi connectivity index (χ4v) is 2.61. The first-order valence-electron chi connectivity index (χ1n) is 7.69. The van der Waals surface area contributed by atoms with Crippen molar-refractivity contribution in [1.82, 2.24) is 5.32 Å². The van der Waals surface area contributed by atoms with E-state index in [-0.39, 0.29) is 6.61 Å². The number of carbonyl (C=O) groups is 2. The highest BCUT2D eigenvalue weighted by molar-refractivity contribution is 5.99. The van der Waals surface area contributed by atoms with Crippen molar-refractivity contribution >= 4 is 28.5 Å². The summed E-state index contributed by atoms with van der Waals surface area (Å²) < 4.78 is 9.75. The first kappa shape index (κ1) is 17.6. The monoisotopic (exact) mass is 330 g/mol. The Kier molecular flexibility index (Phi) is 5.63. The topological polar surface area (TPSA) is 67.9 Å². The van der Waals surface area contributed by atoms with Crippen LogP contribution < -0.4 is 10.2 Å². The van der Waals surface area contributed by atoms with Crippen molar-refractivity contribution in [2.45, 2.75) is 13.0 Å². The second kappa shape index (κ2) is 7.68. The van der Waals surface area contributed by atoms with Crippen LogP contribution in [0.2, 0.25) is 0 Å². The molecule has 6 heteroatoms. The van der Waals surface area contributed by atoms with Crippen LogP contribution in [0.5, 0.6) is 0 Å². The molecular weight excluding hydrogens is 308 g/mol. The Morgan fingerprint density at radius 2 is 1.79 bits per heavy atom. The fourth-order valence-electron chi connectivity index (χ4n) is 2.61. The van der Waals surface area contributed by atoms with E-state index in [1.807, 2.05) is 55.4 Å². The molecule has 1 N–H and O–H groups in total. The van der Waals surface area contributed by atoms with Gasteiger partial charge in [0.25, 0.3) is 0 Å². The molecule has 0 aliphatic heterocycles. The highest BCUT2D eigenvalue weighted by atomic mass is 16.5. The van der Waals surface area contributed by atoms with E-state index in [2.05, 4.69) is 10.1 Å². The Bertz CT molecular complexity index is 743. The molecule has 0 saturated heterocycles. The SMILES string of the molecule is CCOC(=O)[C@@H](NC(=O)OC)c1ccc(N(C)C)c2ccccc12. The number of amides is 1. The van der Waals surface area contributed by atoms with Gasteiger partial charge in [-0.25, -0.2) is 9.59 Å². The zero-order valence-corrected chi connectivity index (χ0v) is 14.3. The summed E-state index contributed by atoms with van der Waals surface area (Å²) in [6.07, 6.45) is -0.686. The first-order chi connectivity index (χ1) is 11.5. The molecule has 0 radical (unpaired) electrons. The summed E-state index contributed by atoms with van der Waals surface area (Å²) in [5, 5.41) is 4.42. The molecule has 2 rings (SSSR count). The molecule has 0 spiro atoms. The average molecular weight is 330 g/mol. The maximum Gasteiger partial charge on any atom is 0.407 e. The van der Waals surface area contributed by atoms with Gasteiger partial charge in [-0.05, 0) is 23.9 Å². The Balaban J connectivity index is 2.59. The second-order valence-corrected chi connectivity index (χ2v) is 5.43. The molecule has 0 aromatic heterocycles. The number of hydrogen-bond donors (Lipinski definition) is 1. The molecule has 128 valence electrons. The summed E-state index contributed by atoms with van der Waals surface area (Å²) in [6.45, 7) is 1.95. The normalized spacial score (nSPS) is 11.7. The zero-order chi connectivity index (χ0) is 17.7. The minimum atomic E-state index is -0.932. The quantitative estimate of drug-likeness (QED) is 0.854. The molecule has 0 fully saturated rings. The van der Waals surface area contributed by atoms with Gasteiger partial charge in [0.05, 0.1) is 13.7 Å². The van der Waals surface area contributed by atoms with E-state index in [1.165, 1.54) is 7.11 Å². The Labute approximate surface area is 141 Å². The van der Waals surface area contributed by atoms with E-state index < -0.39 is 18.1 Å². The van der Waals surface area contributed by atoms with Crippen molar-refractivity contribution < 1.29 is 19.1 Å². The molecule has 6 nitrogen and oxygen atoms in total. The number of methoxy groups -OCH3 is 1. The van der Waals surface area contributed by atoms with Crippen LogP contribution in [0.15, 0.2) is 36.4 Å². The van der Waals surface area contributed by atoms with Gasteiger partial charge in [0.15, 0.2) is 6.04 Å². The van der Waals surface area contributed by atoms with Crippen LogP contribution in [0.25, 0.3) is 10.8 Å². The number of fused-ring (bicyclic) bond motifs is 1. The van der Waals surface area contributed by atoms with Gasteiger partial charge >= 0.3 is 12.1 Å². The first-order valence-corrected chi connectivity index (χ1v) is 7.69. The fraction of sp³-hybridized carbons (Fsp3) is 0.333. The molecule has 0 saturated carbocycles. The summed E-state index contributed by atoms with van der Waals surface area (Å²) in [5.41, 5.74) is 1.69. The second-order valence-electron chi connectivity index (χ2n) is 5.43. The lowest BCUT2D eigenvalue weighted by molar-refractivity contribution is -0.145. The van der Waals surface area contributed by atoms with Gasteiger partial charge in [0.2, 0.25) is 0 Å². The van der Waals surface area contributed by atoms with E-state index in [4.69, 9.17) is 4.74 Å². The van der Waals surface area contributed by atoms with Crippen molar-refractivity contribution in [2.75, 3.05) is 32.7 Å². The summed E-state index contributed by atoms with van der Waals surface area (Å²) >= 11 is 0. The van der Waals surface area contributed by atoms with Gasteiger partial charge in [0.1, 0.15) is 0 Å². The molecule has 0 aliphatic carbocycles. The zero-order valence-electron chi connectivity index (χ0n) is 14.3. The van der Waals surface area contributed by atoms with Crippen LogP contribution in [-0.4, -0.2) is 39.9 Å². The highest BCUT2D eigenvalue weighted by Gasteiger charge is 2.26. The lowest BCUT2D eigenvalue weighted by atomic mass is 9.97. The van der Waals surface area contributed by atoms with Gasteiger partial charge in [-0.3, -0.25) is 0 Å². The average Bonchev–Trinajstić information content (AvgIpc) is 2.58. The molecule has 0 heterocycles. The molecule has 2 aromatic rings. The predicted molar refractivity (Wildman–Crippen MR) is 93.2 cm³/mol. The van der Waals surface area contributed by atoms with Crippen LogP contribution in [0.1, 0.15) is 18.5 Å². The number of anilines is 1. The minimum Gasteiger partial charge on any atom is -0.464 e. The maximum absolute atomic E-state index is 12.4. The van der Waals surface area contributed by atoms with Crippen molar-refractivity contribution in [3.05, 3.63) is 42.0 Å². The summed E-state index contributed by atoms with van der Waals surface area (Å²) in [5.74, 6) is -0.523. The third-order valence-electron chi connectivity index (χ3n) is 3.70. The van der Waals surface area contributed by atoms with Crippen LogP contribution in [0.4, 0.5) is 10.5 Å². The lowest BCUT2D eigenvalue weighted by Crippen LogP contribution is -2.35. The maximum atomic E-state index is 12.4. The number of nitrogens with one attached hydrogen (secondary N) is 1. The Hall–Kier alpha value is -2.76. The van der Waals surface area contributed by atoms with Crippen molar-refractivity contribution in [3.63, 3.8) is 0 Å². The van der Waals surface area contributed by atoms with E-state index in [0.29, 0.717) is 5.56 Å².